The molecule has 0 saturated carbocycles. The highest BCUT2D eigenvalue weighted by molar-refractivity contribution is 7.07. The molecule has 0 radical (unpaired) electrons. The third kappa shape index (κ3) is 2.83. The number of ether oxygens (including phenoxy) is 1. The molecule has 1 aliphatic rings. The molecule has 1 saturated heterocycles. The fourth-order valence-electron chi connectivity index (χ4n) is 2.15. The largest absolute Gasteiger partial charge is 0.374 e. The SMILES string of the molecule is CCNC(c1ccsc1)C1CN(C)CCO1. The summed E-state index contributed by atoms with van der Waals surface area (Å²) in [6.45, 7) is 6.01. The Kier molecular flexibility index (Phi) is 4.35. The maximum atomic E-state index is 5.89. The van der Waals surface area contributed by atoms with E-state index < -0.39 is 0 Å². The number of morpholine rings is 1. The zero-order valence-electron chi connectivity index (χ0n) is 9.98. The predicted molar refractivity (Wildman–Crippen MR) is 68.0 cm³/mol. The Bertz CT molecular complexity index is 302. The monoisotopic (exact) mass is 240 g/mol. The third-order valence-corrected chi connectivity index (χ3v) is 3.70. The van der Waals surface area contributed by atoms with Crippen molar-refractivity contribution in [3.63, 3.8) is 0 Å². The summed E-state index contributed by atoms with van der Waals surface area (Å²) in [6, 6.07) is 2.52. The molecular weight excluding hydrogens is 220 g/mol. The molecule has 0 aliphatic carbocycles. The van der Waals surface area contributed by atoms with Crippen LogP contribution in [-0.4, -0.2) is 44.3 Å². The average molecular weight is 240 g/mol. The van der Waals surface area contributed by atoms with Crippen LogP contribution in [0, 0.1) is 0 Å². The molecule has 1 N–H and O–H groups in total. The van der Waals surface area contributed by atoms with Gasteiger partial charge in [-0.25, -0.2) is 0 Å². The van der Waals surface area contributed by atoms with Crippen LogP contribution < -0.4 is 5.32 Å². The minimum Gasteiger partial charge on any atom is -0.374 e. The lowest BCUT2D eigenvalue weighted by Gasteiger charge is -2.35. The minimum atomic E-state index is 0.272. The normalized spacial score (nSPS) is 24.5. The molecule has 0 bridgehead atoms. The molecule has 1 aromatic heterocycles. The van der Waals surface area contributed by atoms with Gasteiger partial charge in [0.1, 0.15) is 0 Å². The van der Waals surface area contributed by atoms with Crippen molar-refractivity contribution in [3.8, 4) is 0 Å². The molecule has 0 aromatic carbocycles. The molecule has 3 nitrogen and oxygen atoms in total. The molecule has 2 rings (SSSR count). The molecule has 90 valence electrons. The van der Waals surface area contributed by atoms with Gasteiger partial charge in [-0.3, -0.25) is 0 Å². The number of hydrogen-bond donors (Lipinski definition) is 1. The Hall–Kier alpha value is -0.420. The molecule has 2 atom stereocenters. The number of nitrogens with zero attached hydrogens (tertiary/aromatic N) is 1. The molecule has 1 aliphatic heterocycles. The summed E-state index contributed by atoms with van der Waals surface area (Å²) >= 11 is 1.75. The molecule has 4 heteroatoms. The van der Waals surface area contributed by atoms with Crippen LogP contribution in [0.2, 0.25) is 0 Å². The van der Waals surface area contributed by atoms with E-state index in [0.717, 1.165) is 26.2 Å². The van der Waals surface area contributed by atoms with Crippen molar-refractivity contribution in [2.75, 3.05) is 33.3 Å². The van der Waals surface area contributed by atoms with E-state index in [1.165, 1.54) is 5.56 Å². The van der Waals surface area contributed by atoms with Crippen LogP contribution in [0.3, 0.4) is 0 Å². The van der Waals surface area contributed by atoms with E-state index in [-0.39, 0.29) is 6.10 Å². The topological polar surface area (TPSA) is 24.5 Å². The summed E-state index contributed by atoms with van der Waals surface area (Å²) in [5.74, 6) is 0. The summed E-state index contributed by atoms with van der Waals surface area (Å²) in [6.07, 6.45) is 0.272. The van der Waals surface area contributed by atoms with Gasteiger partial charge < -0.3 is 15.0 Å². The lowest BCUT2D eigenvalue weighted by molar-refractivity contribution is -0.0389. The zero-order chi connectivity index (χ0) is 11.4. The Morgan fingerprint density at radius 1 is 1.69 bits per heavy atom. The van der Waals surface area contributed by atoms with Crippen molar-refractivity contribution in [3.05, 3.63) is 22.4 Å². The van der Waals surface area contributed by atoms with Crippen LogP contribution in [0.5, 0.6) is 0 Å². The van der Waals surface area contributed by atoms with Crippen molar-refractivity contribution in [1.82, 2.24) is 10.2 Å². The number of hydrogen-bond acceptors (Lipinski definition) is 4. The second-order valence-corrected chi connectivity index (χ2v) is 5.04. The van der Waals surface area contributed by atoms with Gasteiger partial charge in [0.15, 0.2) is 0 Å². The fraction of sp³-hybridized carbons (Fsp3) is 0.667. The van der Waals surface area contributed by atoms with Gasteiger partial charge in [-0.15, -0.1) is 0 Å². The van der Waals surface area contributed by atoms with Gasteiger partial charge in [-0.1, -0.05) is 6.92 Å². The minimum absolute atomic E-state index is 0.272. The van der Waals surface area contributed by atoms with Crippen molar-refractivity contribution in [2.24, 2.45) is 0 Å². The van der Waals surface area contributed by atoms with Gasteiger partial charge in [-0.2, -0.15) is 11.3 Å². The molecule has 2 unspecified atom stereocenters. The first-order chi connectivity index (χ1) is 7.81. The summed E-state index contributed by atoms with van der Waals surface area (Å²) in [4.78, 5) is 2.34. The second-order valence-electron chi connectivity index (χ2n) is 4.26. The lowest BCUT2D eigenvalue weighted by atomic mass is 10.0. The predicted octanol–water partition coefficient (Wildman–Crippen LogP) is 1.73. The lowest BCUT2D eigenvalue weighted by Crippen LogP contribution is -2.46. The van der Waals surface area contributed by atoms with Crippen LogP contribution in [0.25, 0.3) is 0 Å². The standard InChI is InChI=1S/C12H20N2OS/c1-3-13-12(10-4-7-16-9-10)11-8-14(2)5-6-15-11/h4,7,9,11-13H,3,5-6,8H2,1-2H3. The Morgan fingerprint density at radius 2 is 2.56 bits per heavy atom. The number of likely N-dealkylation sites (N-methyl/N-ethyl adjacent to an activating group) is 2. The molecule has 0 spiro atoms. The third-order valence-electron chi connectivity index (χ3n) is 2.99. The quantitative estimate of drug-likeness (QED) is 0.867. The first-order valence-corrected chi connectivity index (χ1v) is 6.81. The summed E-state index contributed by atoms with van der Waals surface area (Å²) in [5.41, 5.74) is 1.35. The van der Waals surface area contributed by atoms with Crippen LogP contribution in [-0.2, 0) is 4.74 Å². The number of nitrogens with one attached hydrogen (secondary N) is 1. The first-order valence-electron chi connectivity index (χ1n) is 5.87. The first kappa shape index (κ1) is 12.0. The van der Waals surface area contributed by atoms with E-state index in [4.69, 9.17) is 4.74 Å². The Labute approximate surface area is 101 Å². The maximum Gasteiger partial charge on any atom is 0.0897 e. The number of rotatable bonds is 4. The summed E-state index contributed by atoms with van der Waals surface area (Å²) in [5, 5.41) is 7.88. The highest BCUT2D eigenvalue weighted by Crippen LogP contribution is 2.23. The van der Waals surface area contributed by atoms with Crippen LogP contribution in [0.4, 0.5) is 0 Å². The molecule has 1 aromatic rings. The Balaban J connectivity index is 2.06. The van der Waals surface area contributed by atoms with E-state index in [0.29, 0.717) is 6.04 Å². The van der Waals surface area contributed by atoms with E-state index in [1.807, 2.05) is 0 Å². The van der Waals surface area contributed by atoms with Gasteiger partial charge in [0.25, 0.3) is 0 Å². The molecule has 16 heavy (non-hydrogen) atoms. The van der Waals surface area contributed by atoms with E-state index in [2.05, 4.69) is 41.0 Å². The van der Waals surface area contributed by atoms with Gasteiger partial charge in [-0.05, 0) is 36.0 Å². The van der Waals surface area contributed by atoms with Gasteiger partial charge in [0.2, 0.25) is 0 Å². The van der Waals surface area contributed by atoms with Crippen molar-refractivity contribution in [2.45, 2.75) is 19.1 Å². The zero-order valence-corrected chi connectivity index (χ0v) is 10.8. The van der Waals surface area contributed by atoms with Crippen LogP contribution in [0.15, 0.2) is 16.8 Å². The van der Waals surface area contributed by atoms with Crippen LogP contribution in [0.1, 0.15) is 18.5 Å². The highest BCUT2D eigenvalue weighted by atomic mass is 32.1. The smallest absolute Gasteiger partial charge is 0.0897 e. The average Bonchev–Trinajstić information content (AvgIpc) is 2.79. The number of thiophene rings is 1. The van der Waals surface area contributed by atoms with Crippen LogP contribution >= 0.6 is 11.3 Å². The van der Waals surface area contributed by atoms with E-state index in [1.54, 1.807) is 11.3 Å². The van der Waals surface area contributed by atoms with E-state index >= 15 is 0 Å². The second kappa shape index (κ2) is 5.77. The van der Waals surface area contributed by atoms with Crippen molar-refractivity contribution < 1.29 is 4.74 Å². The van der Waals surface area contributed by atoms with Gasteiger partial charge in [0.05, 0.1) is 18.8 Å². The molecule has 0 amide bonds. The van der Waals surface area contributed by atoms with E-state index in [9.17, 15) is 0 Å². The summed E-state index contributed by atoms with van der Waals surface area (Å²) < 4.78 is 5.89. The van der Waals surface area contributed by atoms with Crippen molar-refractivity contribution >= 4 is 11.3 Å². The molecule has 2 heterocycles. The highest BCUT2D eigenvalue weighted by Gasteiger charge is 2.27. The van der Waals surface area contributed by atoms with Gasteiger partial charge in [0, 0.05) is 13.1 Å². The van der Waals surface area contributed by atoms with Gasteiger partial charge >= 0.3 is 0 Å². The molecule has 1 fully saturated rings. The fourth-order valence-corrected chi connectivity index (χ4v) is 2.85. The molecular formula is C12H20N2OS. The van der Waals surface area contributed by atoms with Crippen molar-refractivity contribution in [1.29, 1.82) is 0 Å². The summed E-state index contributed by atoms with van der Waals surface area (Å²) in [7, 11) is 2.16. The Morgan fingerprint density at radius 3 is 3.19 bits per heavy atom. The maximum absolute atomic E-state index is 5.89.